The number of carbonyl (C=O) groups excluding carboxylic acids is 3. The number of nitrogens with two attached hydrogens (primary N) is 1. The summed E-state index contributed by atoms with van der Waals surface area (Å²) in [6, 6.07) is -0.0425. The number of carbonyl (C=O) groups is 3. The van der Waals surface area contributed by atoms with Crippen molar-refractivity contribution in [1.82, 2.24) is 15.5 Å². The highest BCUT2D eigenvalue weighted by Crippen LogP contribution is 2.19. The fourth-order valence-electron chi connectivity index (χ4n) is 2.29. The van der Waals surface area contributed by atoms with Crippen LogP contribution < -0.4 is 16.4 Å². The molecule has 2 fully saturated rings. The Morgan fingerprint density at radius 2 is 1.95 bits per heavy atom. The van der Waals surface area contributed by atoms with E-state index in [-0.39, 0.29) is 18.0 Å². The van der Waals surface area contributed by atoms with Crippen LogP contribution >= 0.6 is 0 Å². The number of hydrogen-bond acceptors (Lipinski definition) is 5. The molecule has 2 atom stereocenters. The molecule has 1 saturated heterocycles. The van der Waals surface area contributed by atoms with E-state index in [0.29, 0.717) is 0 Å². The Balaban J connectivity index is 1.96. The molecule has 106 valence electrons. The molecule has 7 heteroatoms. The van der Waals surface area contributed by atoms with Gasteiger partial charge < -0.3 is 11.1 Å². The third kappa shape index (κ3) is 3.51. The van der Waals surface area contributed by atoms with E-state index >= 15 is 0 Å². The first kappa shape index (κ1) is 14.0. The zero-order chi connectivity index (χ0) is 14.0. The van der Waals surface area contributed by atoms with Gasteiger partial charge in [-0.25, -0.2) is 0 Å². The van der Waals surface area contributed by atoms with Crippen molar-refractivity contribution in [1.29, 1.82) is 0 Å². The van der Waals surface area contributed by atoms with E-state index in [2.05, 4.69) is 10.6 Å². The van der Waals surface area contributed by atoms with Gasteiger partial charge in [-0.15, -0.1) is 0 Å². The average molecular weight is 268 g/mol. The molecule has 0 aromatic carbocycles. The summed E-state index contributed by atoms with van der Waals surface area (Å²) in [5.74, 6) is -2.05. The average Bonchev–Trinajstić information content (AvgIpc) is 3.07. The van der Waals surface area contributed by atoms with Crippen molar-refractivity contribution < 1.29 is 14.4 Å². The van der Waals surface area contributed by atoms with Gasteiger partial charge in [0.2, 0.25) is 5.91 Å². The number of nitrogens with one attached hydrogen (secondary N) is 2. The largest absolute Gasteiger partial charge is 0.363 e. The zero-order valence-electron chi connectivity index (χ0n) is 11.0. The predicted octanol–water partition coefficient (Wildman–Crippen LogP) is -1.67. The van der Waals surface area contributed by atoms with E-state index in [9.17, 15) is 14.4 Å². The smallest absolute Gasteiger partial charge is 0.288 e. The molecule has 0 bridgehead atoms. The van der Waals surface area contributed by atoms with Crippen molar-refractivity contribution in [2.24, 2.45) is 5.73 Å². The lowest BCUT2D eigenvalue weighted by atomic mass is 10.2. The summed E-state index contributed by atoms with van der Waals surface area (Å²) in [6.07, 6.45) is 2.62. The summed E-state index contributed by atoms with van der Waals surface area (Å²) in [5, 5.41) is 5.54. The molecular weight excluding hydrogens is 248 g/mol. The van der Waals surface area contributed by atoms with Crippen LogP contribution in [0.2, 0.25) is 0 Å². The molecule has 4 N–H and O–H groups in total. The maximum Gasteiger partial charge on any atom is 0.288 e. The molecule has 1 aliphatic carbocycles. The minimum absolute atomic E-state index is 0.190. The number of likely N-dealkylation sites (N-methyl/N-ethyl adjacent to an activating group) is 1. The Morgan fingerprint density at radius 1 is 1.26 bits per heavy atom. The molecule has 0 aromatic rings. The second kappa shape index (κ2) is 5.66. The molecule has 2 unspecified atom stereocenters. The SMILES string of the molecule is CN1CCCC1C(=O)NC(NC1CC1)C(=O)C(N)=O. The Kier molecular flexibility index (Phi) is 4.16. The number of likely N-dealkylation sites (tertiary alicyclic amines) is 1. The third-order valence-electron chi connectivity index (χ3n) is 3.59. The van der Waals surface area contributed by atoms with Crippen LogP contribution in [0, 0.1) is 0 Å². The first-order chi connectivity index (χ1) is 8.99. The summed E-state index contributed by atoms with van der Waals surface area (Å²) in [6.45, 7) is 0.864. The molecule has 2 amide bonds. The van der Waals surface area contributed by atoms with E-state index in [1.807, 2.05) is 11.9 Å². The van der Waals surface area contributed by atoms with Crippen LogP contribution in [0.15, 0.2) is 0 Å². The predicted molar refractivity (Wildman–Crippen MR) is 67.9 cm³/mol. The molecular formula is C12H20N4O3. The van der Waals surface area contributed by atoms with Gasteiger partial charge in [0.25, 0.3) is 11.7 Å². The van der Waals surface area contributed by atoms with E-state index < -0.39 is 17.9 Å². The number of nitrogens with zero attached hydrogens (tertiary/aromatic N) is 1. The fraction of sp³-hybridized carbons (Fsp3) is 0.750. The number of ketones is 1. The normalized spacial score (nSPS) is 25.0. The van der Waals surface area contributed by atoms with E-state index in [0.717, 1.165) is 32.2 Å². The standard InChI is InChI=1S/C12H20N4O3/c1-16-6-2-3-8(16)12(19)15-11(9(17)10(13)18)14-7-4-5-7/h7-8,11,14H,2-6H2,1H3,(H2,13,18)(H,15,19). The third-order valence-corrected chi connectivity index (χ3v) is 3.59. The second-order valence-electron chi connectivity index (χ2n) is 5.25. The number of primary amides is 1. The van der Waals surface area contributed by atoms with Gasteiger partial charge >= 0.3 is 0 Å². The molecule has 0 radical (unpaired) electrons. The van der Waals surface area contributed by atoms with Crippen molar-refractivity contribution in [3.8, 4) is 0 Å². The summed E-state index contributed by atoms with van der Waals surface area (Å²) in [4.78, 5) is 36.7. The molecule has 0 spiro atoms. The van der Waals surface area contributed by atoms with E-state index in [1.54, 1.807) is 0 Å². The van der Waals surface area contributed by atoms with Gasteiger partial charge in [-0.1, -0.05) is 0 Å². The van der Waals surface area contributed by atoms with Crippen LogP contribution in [0.3, 0.4) is 0 Å². The Hall–Kier alpha value is -1.47. The second-order valence-corrected chi connectivity index (χ2v) is 5.25. The Bertz CT molecular complexity index is 394. The minimum Gasteiger partial charge on any atom is -0.363 e. The van der Waals surface area contributed by atoms with Crippen molar-refractivity contribution in [3.05, 3.63) is 0 Å². The summed E-state index contributed by atoms with van der Waals surface area (Å²) in [7, 11) is 1.87. The summed E-state index contributed by atoms with van der Waals surface area (Å²) >= 11 is 0. The van der Waals surface area contributed by atoms with Gasteiger partial charge in [0.15, 0.2) is 0 Å². The highest BCUT2D eigenvalue weighted by atomic mass is 16.2. The van der Waals surface area contributed by atoms with Crippen LogP contribution in [-0.2, 0) is 14.4 Å². The van der Waals surface area contributed by atoms with Gasteiger partial charge in [0, 0.05) is 6.04 Å². The first-order valence-corrected chi connectivity index (χ1v) is 6.59. The molecule has 1 aliphatic heterocycles. The van der Waals surface area contributed by atoms with Crippen molar-refractivity contribution >= 4 is 17.6 Å². The topological polar surface area (TPSA) is 105 Å². The number of hydrogen-bond donors (Lipinski definition) is 3. The van der Waals surface area contributed by atoms with E-state index in [4.69, 9.17) is 5.73 Å². The number of amides is 2. The van der Waals surface area contributed by atoms with Crippen LogP contribution in [0.25, 0.3) is 0 Å². The molecule has 2 rings (SSSR count). The van der Waals surface area contributed by atoms with Crippen LogP contribution in [0.5, 0.6) is 0 Å². The van der Waals surface area contributed by atoms with Crippen LogP contribution in [-0.4, -0.2) is 54.3 Å². The zero-order valence-corrected chi connectivity index (χ0v) is 11.0. The molecule has 7 nitrogen and oxygen atoms in total. The number of rotatable bonds is 6. The van der Waals surface area contributed by atoms with Gasteiger partial charge in [0.05, 0.1) is 6.04 Å². The van der Waals surface area contributed by atoms with Gasteiger partial charge in [-0.3, -0.25) is 24.6 Å². The van der Waals surface area contributed by atoms with Crippen LogP contribution in [0.1, 0.15) is 25.7 Å². The first-order valence-electron chi connectivity index (χ1n) is 6.59. The lowest BCUT2D eigenvalue weighted by molar-refractivity contribution is -0.139. The highest BCUT2D eigenvalue weighted by molar-refractivity contribution is 6.37. The van der Waals surface area contributed by atoms with Gasteiger partial charge in [-0.05, 0) is 39.3 Å². The number of Topliss-reactive ketones (excluding diaryl/α,β-unsaturated/α-hetero) is 1. The Labute approximate surface area is 111 Å². The van der Waals surface area contributed by atoms with Gasteiger partial charge in [-0.2, -0.15) is 0 Å². The molecule has 0 aromatic heterocycles. The minimum atomic E-state index is -1.03. The van der Waals surface area contributed by atoms with E-state index in [1.165, 1.54) is 0 Å². The molecule has 1 heterocycles. The quantitative estimate of drug-likeness (QED) is 0.394. The lowest BCUT2D eigenvalue weighted by Gasteiger charge is -2.23. The molecule has 19 heavy (non-hydrogen) atoms. The van der Waals surface area contributed by atoms with Crippen molar-refractivity contribution in [2.75, 3.05) is 13.6 Å². The molecule has 2 aliphatic rings. The maximum absolute atomic E-state index is 12.1. The highest BCUT2D eigenvalue weighted by Gasteiger charge is 2.35. The van der Waals surface area contributed by atoms with Crippen molar-refractivity contribution in [2.45, 2.75) is 43.9 Å². The fourth-order valence-corrected chi connectivity index (χ4v) is 2.29. The summed E-state index contributed by atoms with van der Waals surface area (Å²) < 4.78 is 0. The van der Waals surface area contributed by atoms with Crippen molar-refractivity contribution in [3.63, 3.8) is 0 Å². The lowest BCUT2D eigenvalue weighted by Crippen LogP contribution is -2.58. The monoisotopic (exact) mass is 268 g/mol. The van der Waals surface area contributed by atoms with Gasteiger partial charge in [0.1, 0.15) is 6.17 Å². The summed E-state index contributed by atoms with van der Waals surface area (Å²) in [5.41, 5.74) is 5.00. The maximum atomic E-state index is 12.1. The molecule has 1 saturated carbocycles. The van der Waals surface area contributed by atoms with Crippen LogP contribution in [0.4, 0.5) is 0 Å². The Morgan fingerprint density at radius 3 is 2.42 bits per heavy atom.